The lowest BCUT2D eigenvalue weighted by Gasteiger charge is -2.09. The number of hydrogen-bond donors (Lipinski definition) is 1. The van der Waals surface area contributed by atoms with Crippen molar-refractivity contribution in [1.29, 1.82) is 0 Å². The van der Waals surface area contributed by atoms with Crippen molar-refractivity contribution in [3.8, 4) is 0 Å². The van der Waals surface area contributed by atoms with Crippen molar-refractivity contribution in [3.63, 3.8) is 0 Å². The SMILES string of the molecule is CCOC(=O)c1nc(C(=O)NCC(C)CSC)cs1. The Morgan fingerprint density at radius 1 is 1.58 bits per heavy atom. The van der Waals surface area contributed by atoms with Gasteiger partial charge in [-0.15, -0.1) is 11.3 Å². The molecule has 1 unspecified atom stereocenters. The van der Waals surface area contributed by atoms with Crippen LogP contribution in [0.5, 0.6) is 0 Å². The van der Waals surface area contributed by atoms with Gasteiger partial charge in [-0.05, 0) is 24.9 Å². The maximum atomic E-state index is 11.8. The highest BCUT2D eigenvalue weighted by Gasteiger charge is 2.16. The van der Waals surface area contributed by atoms with Crippen molar-refractivity contribution in [1.82, 2.24) is 10.3 Å². The Hall–Kier alpha value is -1.08. The number of thioether (sulfide) groups is 1. The molecule has 1 aromatic heterocycles. The number of aromatic nitrogens is 1. The van der Waals surface area contributed by atoms with Gasteiger partial charge in [-0.25, -0.2) is 9.78 Å². The third kappa shape index (κ3) is 5.20. The van der Waals surface area contributed by atoms with Gasteiger partial charge in [0.1, 0.15) is 5.69 Å². The second-order valence-corrected chi connectivity index (χ2v) is 5.80. The number of carbonyl (C=O) groups is 2. The van der Waals surface area contributed by atoms with E-state index in [1.165, 1.54) is 0 Å². The number of esters is 1. The molecule has 0 aliphatic carbocycles. The van der Waals surface area contributed by atoms with Crippen LogP contribution >= 0.6 is 23.1 Å². The number of rotatable bonds is 7. The molecule has 0 aliphatic heterocycles. The Labute approximate surface area is 121 Å². The van der Waals surface area contributed by atoms with Gasteiger partial charge in [0.25, 0.3) is 5.91 Å². The number of hydrogen-bond acceptors (Lipinski definition) is 6. The topological polar surface area (TPSA) is 68.3 Å². The quantitative estimate of drug-likeness (QED) is 0.781. The van der Waals surface area contributed by atoms with Gasteiger partial charge in [-0.1, -0.05) is 6.92 Å². The molecule has 0 radical (unpaired) electrons. The number of ether oxygens (including phenoxy) is 1. The van der Waals surface area contributed by atoms with E-state index >= 15 is 0 Å². The summed E-state index contributed by atoms with van der Waals surface area (Å²) in [6, 6.07) is 0. The Kier molecular flexibility index (Phi) is 6.86. The molecule has 0 saturated carbocycles. The molecule has 106 valence electrons. The van der Waals surface area contributed by atoms with Crippen LogP contribution < -0.4 is 5.32 Å². The van der Waals surface area contributed by atoms with Gasteiger partial charge in [-0.3, -0.25) is 4.79 Å². The average molecular weight is 302 g/mol. The third-order valence-corrected chi connectivity index (χ3v) is 3.97. The van der Waals surface area contributed by atoms with E-state index in [1.807, 2.05) is 6.26 Å². The number of carbonyl (C=O) groups excluding carboxylic acids is 2. The summed E-state index contributed by atoms with van der Waals surface area (Å²) >= 11 is 2.86. The number of nitrogens with one attached hydrogen (secondary N) is 1. The van der Waals surface area contributed by atoms with E-state index in [4.69, 9.17) is 4.74 Å². The maximum absolute atomic E-state index is 11.8. The van der Waals surface area contributed by atoms with Gasteiger partial charge in [0, 0.05) is 11.9 Å². The van der Waals surface area contributed by atoms with Gasteiger partial charge < -0.3 is 10.1 Å². The second kappa shape index (κ2) is 8.16. The maximum Gasteiger partial charge on any atom is 0.367 e. The molecular weight excluding hydrogens is 284 g/mol. The van der Waals surface area contributed by atoms with Crippen LogP contribution in [0.1, 0.15) is 34.1 Å². The minimum Gasteiger partial charge on any atom is -0.461 e. The number of amides is 1. The van der Waals surface area contributed by atoms with Crippen LogP contribution in [0.3, 0.4) is 0 Å². The molecule has 1 N–H and O–H groups in total. The zero-order chi connectivity index (χ0) is 14.3. The summed E-state index contributed by atoms with van der Waals surface area (Å²) in [6.45, 7) is 4.70. The Balaban J connectivity index is 2.51. The largest absolute Gasteiger partial charge is 0.461 e. The van der Waals surface area contributed by atoms with E-state index < -0.39 is 5.97 Å². The molecular formula is C12H18N2O3S2. The molecule has 5 nitrogen and oxygen atoms in total. The Morgan fingerprint density at radius 2 is 2.32 bits per heavy atom. The van der Waals surface area contributed by atoms with Crippen molar-refractivity contribution >= 4 is 35.0 Å². The molecule has 0 bridgehead atoms. The molecule has 7 heteroatoms. The van der Waals surface area contributed by atoms with E-state index in [1.54, 1.807) is 24.1 Å². The lowest BCUT2D eigenvalue weighted by molar-refractivity contribution is 0.0526. The van der Waals surface area contributed by atoms with E-state index in [0.29, 0.717) is 19.1 Å². The van der Waals surface area contributed by atoms with Crippen LogP contribution in [-0.4, -0.2) is 42.0 Å². The van der Waals surface area contributed by atoms with Crippen LogP contribution in [0.15, 0.2) is 5.38 Å². The lowest BCUT2D eigenvalue weighted by atomic mass is 10.2. The van der Waals surface area contributed by atoms with Gasteiger partial charge in [-0.2, -0.15) is 11.8 Å². The summed E-state index contributed by atoms with van der Waals surface area (Å²) in [4.78, 5) is 27.2. The molecule has 0 spiro atoms. The monoisotopic (exact) mass is 302 g/mol. The van der Waals surface area contributed by atoms with Gasteiger partial charge in [0.15, 0.2) is 0 Å². The van der Waals surface area contributed by atoms with Crippen molar-refractivity contribution in [2.45, 2.75) is 13.8 Å². The minimum atomic E-state index is -0.484. The van der Waals surface area contributed by atoms with Crippen molar-refractivity contribution in [2.75, 3.05) is 25.2 Å². The molecule has 19 heavy (non-hydrogen) atoms. The highest BCUT2D eigenvalue weighted by molar-refractivity contribution is 7.98. The molecule has 1 atom stereocenters. The first-order chi connectivity index (χ1) is 9.08. The minimum absolute atomic E-state index is 0.212. The van der Waals surface area contributed by atoms with Crippen molar-refractivity contribution in [3.05, 3.63) is 16.1 Å². The lowest BCUT2D eigenvalue weighted by Crippen LogP contribution is -2.29. The fourth-order valence-electron chi connectivity index (χ4n) is 1.37. The van der Waals surface area contributed by atoms with Gasteiger partial charge >= 0.3 is 5.97 Å². The first-order valence-corrected chi connectivity index (χ1v) is 8.25. The summed E-state index contributed by atoms with van der Waals surface area (Å²) in [6.07, 6.45) is 2.03. The van der Waals surface area contributed by atoms with E-state index in [9.17, 15) is 9.59 Å². The molecule has 1 amide bonds. The highest BCUT2D eigenvalue weighted by Crippen LogP contribution is 2.11. The third-order valence-electron chi connectivity index (χ3n) is 2.25. The van der Waals surface area contributed by atoms with Crippen molar-refractivity contribution < 1.29 is 14.3 Å². The zero-order valence-corrected chi connectivity index (χ0v) is 12.9. The molecule has 0 aromatic carbocycles. The van der Waals surface area contributed by atoms with E-state index in [2.05, 4.69) is 17.2 Å². The standard InChI is InChI=1S/C12H18N2O3S2/c1-4-17-12(16)11-14-9(7-19-11)10(15)13-5-8(2)6-18-3/h7-8H,4-6H2,1-3H3,(H,13,15). The van der Waals surface area contributed by atoms with E-state index in [0.717, 1.165) is 17.1 Å². The molecule has 1 rings (SSSR count). The van der Waals surface area contributed by atoms with Gasteiger partial charge in [0.2, 0.25) is 5.01 Å². The first kappa shape index (κ1) is 16.0. The molecule has 1 heterocycles. The number of thiazole rings is 1. The van der Waals surface area contributed by atoms with E-state index in [-0.39, 0.29) is 16.6 Å². The Morgan fingerprint density at radius 3 is 2.95 bits per heavy atom. The molecule has 0 aliphatic rings. The number of nitrogens with zero attached hydrogens (tertiary/aromatic N) is 1. The van der Waals surface area contributed by atoms with Crippen LogP contribution in [0.2, 0.25) is 0 Å². The predicted molar refractivity (Wildman–Crippen MR) is 77.9 cm³/mol. The van der Waals surface area contributed by atoms with Crippen LogP contribution in [0, 0.1) is 5.92 Å². The van der Waals surface area contributed by atoms with Gasteiger partial charge in [0.05, 0.1) is 6.61 Å². The normalized spacial score (nSPS) is 11.9. The summed E-state index contributed by atoms with van der Waals surface area (Å²) in [5.74, 6) is 0.662. The van der Waals surface area contributed by atoms with Crippen LogP contribution in [0.25, 0.3) is 0 Å². The Bertz CT molecular complexity index is 434. The summed E-state index contributed by atoms with van der Waals surface area (Å²) in [7, 11) is 0. The van der Waals surface area contributed by atoms with Crippen molar-refractivity contribution in [2.24, 2.45) is 5.92 Å². The van der Waals surface area contributed by atoms with Crippen LogP contribution in [-0.2, 0) is 4.74 Å². The molecule has 1 aromatic rings. The molecule has 0 saturated heterocycles. The zero-order valence-electron chi connectivity index (χ0n) is 11.3. The summed E-state index contributed by atoms with van der Waals surface area (Å²) in [5, 5.41) is 4.59. The fourth-order valence-corrected chi connectivity index (χ4v) is 2.74. The summed E-state index contributed by atoms with van der Waals surface area (Å²) < 4.78 is 4.83. The second-order valence-electron chi connectivity index (χ2n) is 4.03. The predicted octanol–water partition coefficient (Wildman–Crippen LogP) is 2.05. The highest BCUT2D eigenvalue weighted by atomic mass is 32.2. The first-order valence-electron chi connectivity index (χ1n) is 5.98. The van der Waals surface area contributed by atoms with Crippen LogP contribution in [0.4, 0.5) is 0 Å². The summed E-state index contributed by atoms with van der Waals surface area (Å²) in [5.41, 5.74) is 0.268. The fraction of sp³-hybridized carbons (Fsp3) is 0.583. The average Bonchev–Trinajstić information content (AvgIpc) is 2.86. The molecule has 0 fully saturated rings. The smallest absolute Gasteiger partial charge is 0.367 e.